The average molecular weight is 451 g/mol. The number of pyridine rings is 1. The first-order chi connectivity index (χ1) is 15.8. The topological polar surface area (TPSA) is 115 Å². The molecule has 3 aromatic heterocycles. The lowest BCUT2D eigenvalue weighted by atomic mass is 9.85. The molecule has 1 aliphatic carbocycles. The number of carbonyl (C=O) groups excluding carboxylic acids is 1. The summed E-state index contributed by atoms with van der Waals surface area (Å²) in [6.45, 7) is 3.15. The van der Waals surface area contributed by atoms with Crippen LogP contribution in [0.4, 0.5) is 10.1 Å². The van der Waals surface area contributed by atoms with Gasteiger partial charge in [-0.25, -0.2) is 8.91 Å². The van der Waals surface area contributed by atoms with Gasteiger partial charge in [0, 0.05) is 12.7 Å². The van der Waals surface area contributed by atoms with Gasteiger partial charge in [-0.1, -0.05) is 6.42 Å². The third-order valence-corrected chi connectivity index (χ3v) is 6.05. The van der Waals surface area contributed by atoms with E-state index in [0.717, 1.165) is 30.6 Å². The standard InChI is InChI=1S/C24H27FN6O2/c1-24(2,33)22(25)14-29-23(32)18-13-28-20(9-19(18)27-11-15-4-3-5-15)21-7-6-17-8-16(10-26)12-30-31(17)21/h6-9,12-13,15,22,33H,3-5,11,14H2,1-2H3,(H,27,28)(H,29,32)/t22-/m1/s1. The molecule has 3 N–H and O–H groups in total. The third-order valence-electron chi connectivity index (χ3n) is 6.05. The van der Waals surface area contributed by atoms with Gasteiger partial charge >= 0.3 is 0 Å². The van der Waals surface area contributed by atoms with E-state index in [0.29, 0.717) is 28.4 Å². The van der Waals surface area contributed by atoms with Crippen LogP contribution in [0.1, 0.15) is 49.0 Å². The number of carbonyl (C=O) groups is 1. The molecule has 1 atom stereocenters. The van der Waals surface area contributed by atoms with Crippen molar-refractivity contribution in [2.75, 3.05) is 18.4 Å². The van der Waals surface area contributed by atoms with Crippen LogP contribution < -0.4 is 10.6 Å². The number of hydrogen-bond acceptors (Lipinski definition) is 6. The van der Waals surface area contributed by atoms with Crippen molar-refractivity contribution in [1.29, 1.82) is 5.26 Å². The van der Waals surface area contributed by atoms with Gasteiger partial charge in [0.05, 0.1) is 52.1 Å². The van der Waals surface area contributed by atoms with Gasteiger partial charge in [0.2, 0.25) is 0 Å². The van der Waals surface area contributed by atoms with Gasteiger partial charge in [0.1, 0.15) is 12.2 Å². The van der Waals surface area contributed by atoms with E-state index in [1.807, 2.05) is 12.1 Å². The Balaban J connectivity index is 1.62. The molecule has 0 aliphatic heterocycles. The van der Waals surface area contributed by atoms with Gasteiger partial charge < -0.3 is 15.7 Å². The van der Waals surface area contributed by atoms with Gasteiger partial charge in [-0.05, 0) is 56.9 Å². The molecule has 0 aromatic carbocycles. The lowest BCUT2D eigenvalue weighted by molar-refractivity contribution is -0.00177. The molecule has 33 heavy (non-hydrogen) atoms. The highest BCUT2D eigenvalue weighted by Crippen LogP contribution is 2.29. The van der Waals surface area contributed by atoms with Crippen molar-refractivity contribution in [2.24, 2.45) is 5.92 Å². The Hall–Kier alpha value is -3.51. The summed E-state index contributed by atoms with van der Waals surface area (Å²) in [5, 5.41) is 29.1. The molecule has 8 nitrogen and oxygen atoms in total. The molecule has 172 valence electrons. The summed E-state index contributed by atoms with van der Waals surface area (Å²) >= 11 is 0. The summed E-state index contributed by atoms with van der Waals surface area (Å²) in [7, 11) is 0. The predicted molar refractivity (Wildman–Crippen MR) is 122 cm³/mol. The average Bonchev–Trinajstić information content (AvgIpc) is 3.18. The van der Waals surface area contributed by atoms with Gasteiger partial charge in [-0.15, -0.1) is 0 Å². The number of nitrogens with zero attached hydrogens (tertiary/aromatic N) is 4. The maximum atomic E-state index is 14.1. The second-order valence-corrected chi connectivity index (χ2v) is 9.04. The fraction of sp³-hybridized carbons (Fsp3) is 0.417. The maximum absolute atomic E-state index is 14.1. The van der Waals surface area contributed by atoms with E-state index in [9.17, 15) is 14.3 Å². The van der Waals surface area contributed by atoms with Crippen LogP contribution in [-0.4, -0.2) is 50.5 Å². The molecule has 1 aliphatic rings. The number of amides is 1. The summed E-state index contributed by atoms with van der Waals surface area (Å²) < 4.78 is 15.8. The van der Waals surface area contributed by atoms with E-state index >= 15 is 0 Å². The molecule has 1 amide bonds. The summed E-state index contributed by atoms with van der Waals surface area (Å²) in [5.74, 6) is 0.0944. The molecular formula is C24H27FN6O2. The van der Waals surface area contributed by atoms with Crippen molar-refractivity contribution >= 4 is 17.1 Å². The third kappa shape index (κ3) is 4.96. The predicted octanol–water partition coefficient (Wildman–Crippen LogP) is 3.32. The molecule has 0 spiro atoms. The van der Waals surface area contributed by atoms with E-state index < -0.39 is 17.7 Å². The van der Waals surface area contributed by atoms with Gasteiger partial charge in [-0.2, -0.15) is 10.4 Å². The van der Waals surface area contributed by atoms with Gasteiger partial charge in [0.15, 0.2) is 0 Å². The van der Waals surface area contributed by atoms with Crippen LogP contribution in [0.25, 0.3) is 16.9 Å². The highest BCUT2D eigenvalue weighted by atomic mass is 19.1. The maximum Gasteiger partial charge on any atom is 0.255 e. The molecule has 3 heterocycles. The smallest absolute Gasteiger partial charge is 0.255 e. The van der Waals surface area contributed by atoms with E-state index in [-0.39, 0.29) is 6.54 Å². The molecule has 0 unspecified atom stereocenters. The zero-order valence-corrected chi connectivity index (χ0v) is 18.7. The SMILES string of the molecule is CC(C)(O)[C@H](F)CNC(=O)c1cnc(-c2ccc3cc(C#N)cnn23)cc1NCC1CCC1. The number of anilines is 1. The molecular weight excluding hydrogens is 423 g/mol. The van der Waals surface area contributed by atoms with Crippen LogP contribution >= 0.6 is 0 Å². The zero-order valence-electron chi connectivity index (χ0n) is 18.7. The number of aliphatic hydroxyl groups is 1. The molecule has 0 saturated heterocycles. The quantitative estimate of drug-likeness (QED) is 0.485. The summed E-state index contributed by atoms with van der Waals surface area (Å²) in [5.41, 5.74) is 1.92. The Kier molecular flexibility index (Phi) is 6.29. The van der Waals surface area contributed by atoms with Crippen LogP contribution in [0.15, 0.2) is 36.7 Å². The van der Waals surface area contributed by atoms with Crippen molar-refractivity contribution in [1.82, 2.24) is 19.9 Å². The number of hydrogen-bond donors (Lipinski definition) is 3. The molecule has 9 heteroatoms. The highest BCUT2D eigenvalue weighted by molar-refractivity contribution is 6.00. The summed E-state index contributed by atoms with van der Waals surface area (Å²) in [6, 6.07) is 9.32. The first kappa shape index (κ1) is 22.7. The lowest BCUT2D eigenvalue weighted by Gasteiger charge is -2.26. The Bertz CT molecular complexity index is 1210. The zero-order chi connectivity index (χ0) is 23.6. The number of rotatable bonds is 8. The van der Waals surface area contributed by atoms with E-state index in [1.54, 1.807) is 16.6 Å². The number of fused-ring (bicyclic) bond motifs is 1. The molecule has 4 rings (SSSR count). The minimum absolute atomic E-state index is 0.305. The first-order valence-corrected chi connectivity index (χ1v) is 11.0. The fourth-order valence-electron chi connectivity index (χ4n) is 3.66. The molecule has 0 radical (unpaired) electrons. The normalized spacial score (nSPS) is 15.0. The second kappa shape index (κ2) is 9.16. The summed E-state index contributed by atoms with van der Waals surface area (Å²) in [6.07, 6.45) is 4.86. The Morgan fingerprint density at radius 1 is 1.36 bits per heavy atom. The lowest BCUT2D eigenvalue weighted by Crippen LogP contribution is -2.42. The largest absolute Gasteiger partial charge is 0.387 e. The number of nitriles is 1. The monoisotopic (exact) mass is 450 g/mol. The van der Waals surface area contributed by atoms with Crippen LogP contribution in [0.3, 0.4) is 0 Å². The van der Waals surface area contributed by atoms with Crippen molar-refractivity contribution < 1.29 is 14.3 Å². The highest BCUT2D eigenvalue weighted by Gasteiger charge is 2.27. The Labute approximate surface area is 191 Å². The summed E-state index contributed by atoms with van der Waals surface area (Å²) in [4.78, 5) is 17.3. The van der Waals surface area contributed by atoms with E-state index in [2.05, 4.69) is 26.8 Å². The second-order valence-electron chi connectivity index (χ2n) is 9.04. The van der Waals surface area contributed by atoms with Crippen LogP contribution in [-0.2, 0) is 0 Å². The fourth-order valence-corrected chi connectivity index (χ4v) is 3.66. The Morgan fingerprint density at radius 3 is 2.82 bits per heavy atom. The number of halogens is 1. The number of aromatic nitrogens is 3. The van der Waals surface area contributed by atoms with Crippen LogP contribution in [0.5, 0.6) is 0 Å². The molecule has 0 bridgehead atoms. The van der Waals surface area contributed by atoms with Crippen LogP contribution in [0, 0.1) is 17.2 Å². The molecule has 1 saturated carbocycles. The molecule has 1 fully saturated rings. The van der Waals surface area contributed by atoms with Crippen molar-refractivity contribution in [3.05, 3.63) is 47.8 Å². The van der Waals surface area contributed by atoms with Gasteiger partial charge in [-0.3, -0.25) is 9.78 Å². The molecule has 3 aromatic rings. The van der Waals surface area contributed by atoms with Crippen molar-refractivity contribution in [3.8, 4) is 17.5 Å². The van der Waals surface area contributed by atoms with E-state index in [4.69, 9.17) is 5.26 Å². The first-order valence-electron chi connectivity index (χ1n) is 11.0. The Morgan fingerprint density at radius 2 is 2.15 bits per heavy atom. The van der Waals surface area contributed by atoms with E-state index in [1.165, 1.54) is 32.7 Å². The van der Waals surface area contributed by atoms with Crippen LogP contribution in [0.2, 0.25) is 0 Å². The van der Waals surface area contributed by atoms with Gasteiger partial charge in [0.25, 0.3) is 5.91 Å². The minimum Gasteiger partial charge on any atom is -0.387 e. The number of alkyl halides is 1. The van der Waals surface area contributed by atoms with Crippen molar-refractivity contribution in [3.63, 3.8) is 0 Å². The number of nitrogens with one attached hydrogen (secondary N) is 2. The minimum atomic E-state index is -1.60. The van der Waals surface area contributed by atoms with Crippen molar-refractivity contribution in [2.45, 2.75) is 44.9 Å².